The summed E-state index contributed by atoms with van der Waals surface area (Å²) >= 11 is 0. The first-order chi connectivity index (χ1) is 11.5. The van der Waals surface area contributed by atoms with E-state index in [1.807, 2.05) is 32.0 Å². The third kappa shape index (κ3) is 3.78. The maximum atomic E-state index is 12.0. The van der Waals surface area contributed by atoms with Gasteiger partial charge in [0.2, 0.25) is 5.95 Å². The van der Waals surface area contributed by atoms with E-state index in [-0.39, 0.29) is 5.91 Å². The number of rotatable bonds is 4. The van der Waals surface area contributed by atoms with Gasteiger partial charge in [0.1, 0.15) is 5.76 Å². The van der Waals surface area contributed by atoms with Gasteiger partial charge in [0, 0.05) is 22.8 Å². The van der Waals surface area contributed by atoms with Crippen molar-refractivity contribution in [3.63, 3.8) is 0 Å². The van der Waals surface area contributed by atoms with E-state index in [4.69, 9.17) is 4.42 Å². The minimum atomic E-state index is -0.276. The Hall–Kier alpha value is -3.15. The van der Waals surface area contributed by atoms with Crippen molar-refractivity contribution in [2.24, 2.45) is 0 Å². The van der Waals surface area contributed by atoms with E-state index in [0.29, 0.717) is 23.2 Å². The fourth-order valence-electron chi connectivity index (χ4n) is 2.30. The molecule has 24 heavy (non-hydrogen) atoms. The molecule has 0 bridgehead atoms. The highest BCUT2D eigenvalue weighted by molar-refractivity contribution is 6.02. The fraction of sp³-hybridized carbons (Fsp3) is 0.167. The summed E-state index contributed by atoms with van der Waals surface area (Å²) in [6, 6.07) is 12.6. The maximum absolute atomic E-state index is 12.0. The minimum absolute atomic E-state index is 0.276. The van der Waals surface area contributed by atoms with Crippen LogP contribution < -0.4 is 10.6 Å². The highest BCUT2D eigenvalue weighted by atomic mass is 16.3. The molecule has 6 nitrogen and oxygen atoms in total. The van der Waals surface area contributed by atoms with Crippen LogP contribution in [0.2, 0.25) is 0 Å². The number of hydrogen-bond acceptors (Lipinski definition) is 5. The van der Waals surface area contributed by atoms with Crippen LogP contribution >= 0.6 is 0 Å². The van der Waals surface area contributed by atoms with Crippen molar-refractivity contribution in [2.45, 2.75) is 20.8 Å². The van der Waals surface area contributed by atoms with Crippen LogP contribution in [-0.2, 0) is 0 Å². The van der Waals surface area contributed by atoms with Crippen LogP contribution in [0.25, 0.3) is 0 Å². The summed E-state index contributed by atoms with van der Waals surface area (Å²) in [6.45, 7) is 5.65. The second-order valence-electron chi connectivity index (χ2n) is 5.54. The number of furan rings is 1. The minimum Gasteiger partial charge on any atom is -0.456 e. The molecule has 1 aromatic carbocycles. The van der Waals surface area contributed by atoms with Gasteiger partial charge < -0.3 is 15.1 Å². The number of anilines is 3. The van der Waals surface area contributed by atoms with Crippen molar-refractivity contribution >= 4 is 23.2 Å². The first kappa shape index (κ1) is 15.7. The number of nitrogens with one attached hydrogen (secondary N) is 2. The summed E-state index contributed by atoms with van der Waals surface area (Å²) in [6.07, 6.45) is 0. The average molecular weight is 322 g/mol. The molecule has 3 aromatic rings. The molecule has 2 heterocycles. The molecule has 0 spiro atoms. The molecule has 2 N–H and O–H groups in total. The Kier molecular flexibility index (Phi) is 4.29. The lowest BCUT2D eigenvalue weighted by molar-refractivity contribution is 0.0995. The topological polar surface area (TPSA) is 80.0 Å². The first-order valence-electron chi connectivity index (χ1n) is 7.57. The number of aromatic nitrogens is 2. The van der Waals surface area contributed by atoms with E-state index in [1.54, 1.807) is 31.2 Å². The van der Waals surface area contributed by atoms with Crippen LogP contribution in [0.3, 0.4) is 0 Å². The summed E-state index contributed by atoms with van der Waals surface area (Å²) < 4.78 is 5.30. The smallest absolute Gasteiger partial charge is 0.291 e. The third-order valence-corrected chi connectivity index (χ3v) is 3.35. The molecule has 0 aliphatic heterocycles. The Morgan fingerprint density at radius 1 is 0.917 bits per heavy atom. The second kappa shape index (κ2) is 6.54. The van der Waals surface area contributed by atoms with Gasteiger partial charge >= 0.3 is 0 Å². The molecule has 0 atom stereocenters. The molecule has 0 saturated carbocycles. The van der Waals surface area contributed by atoms with E-state index in [2.05, 4.69) is 20.6 Å². The van der Waals surface area contributed by atoms with Gasteiger partial charge in [0.15, 0.2) is 5.76 Å². The highest BCUT2D eigenvalue weighted by Gasteiger charge is 2.10. The Labute approximate surface area is 140 Å². The number of benzene rings is 1. The van der Waals surface area contributed by atoms with Crippen molar-refractivity contribution in [3.8, 4) is 0 Å². The summed E-state index contributed by atoms with van der Waals surface area (Å²) in [5.41, 5.74) is 3.33. The van der Waals surface area contributed by atoms with Gasteiger partial charge in [0.25, 0.3) is 5.91 Å². The van der Waals surface area contributed by atoms with Gasteiger partial charge in [0.05, 0.1) is 0 Å². The molecule has 2 aromatic heterocycles. The zero-order valence-electron chi connectivity index (χ0n) is 13.8. The zero-order chi connectivity index (χ0) is 17.1. The van der Waals surface area contributed by atoms with Crippen molar-refractivity contribution in [3.05, 3.63) is 65.4 Å². The van der Waals surface area contributed by atoms with Gasteiger partial charge in [-0.05, 0) is 63.2 Å². The molecule has 6 heteroatoms. The van der Waals surface area contributed by atoms with E-state index in [1.165, 1.54) is 0 Å². The Balaban J connectivity index is 1.68. The van der Waals surface area contributed by atoms with Crippen LogP contribution in [0.5, 0.6) is 0 Å². The van der Waals surface area contributed by atoms with Crippen molar-refractivity contribution < 1.29 is 9.21 Å². The summed E-state index contributed by atoms with van der Waals surface area (Å²) in [5, 5.41) is 5.94. The quantitative estimate of drug-likeness (QED) is 0.759. The van der Waals surface area contributed by atoms with Crippen LogP contribution in [0.4, 0.5) is 17.3 Å². The predicted molar refractivity (Wildman–Crippen MR) is 92.6 cm³/mol. The lowest BCUT2D eigenvalue weighted by Crippen LogP contribution is -2.10. The molecule has 0 unspecified atom stereocenters. The van der Waals surface area contributed by atoms with Crippen LogP contribution in [0.15, 0.2) is 46.9 Å². The van der Waals surface area contributed by atoms with Gasteiger partial charge in [-0.25, -0.2) is 9.97 Å². The first-order valence-corrected chi connectivity index (χ1v) is 7.57. The van der Waals surface area contributed by atoms with Gasteiger partial charge in [-0.2, -0.15) is 0 Å². The highest BCUT2D eigenvalue weighted by Crippen LogP contribution is 2.18. The third-order valence-electron chi connectivity index (χ3n) is 3.35. The summed E-state index contributed by atoms with van der Waals surface area (Å²) in [5.74, 6) is 1.27. The monoisotopic (exact) mass is 322 g/mol. The van der Waals surface area contributed by atoms with Crippen molar-refractivity contribution in [1.29, 1.82) is 0 Å². The number of amides is 1. The van der Waals surface area contributed by atoms with E-state index < -0.39 is 0 Å². The Morgan fingerprint density at radius 3 is 2.12 bits per heavy atom. The van der Waals surface area contributed by atoms with Crippen molar-refractivity contribution in [2.75, 3.05) is 10.6 Å². The molecule has 0 radical (unpaired) electrons. The number of carbonyl (C=O) groups excluding carboxylic acids is 1. The summed E-state index contributed by atoms with van der Waals surface area (Å²) in [4.78, 5) is 20.7. The second-order valence-corrected chi connectivity index (χ2v) is 5.54. The molecule has 3 rings (SSSR count). The predicted octanol–water partition coefficient (Wildman–Crippen LogP) is 3.99. The maximum Gasteiger partial charge on any atom is 0.291 e. The normalized spacial score (nSPS) is 10.5. The molecule has 0 saturated heterocycles. The molecular formula is C18H18N4O2. The number of hydrogen-bond donors (Lipinski definition) is 2. The molecular weight excluding hydrogens is 304 g/mol. The van der Waals surface area contributed by atoms with Gasteiger partial charge in [-0.1, -0.05) is 0 Å². The van der Waals surface area contributed by atoms with E-state index in [0.717, 1.165) is 17.1 Å². The van der Waals surface area contributed by atoms with E-state index in [9.17, 15) is 4.79 Å². The molecule has 122 valence electrons. The molecule has 0 aliphatic carbocycles. The summed E-state index contributed by atoms with van der Waals surface area (Å²) in [7, 11) is 0. The van der Waals surface area contributed by atoms with Crippen LogP contribution in [-0.4, -0.2) is 15.9 Å². The lowest BCUT2D eigenvalue weighted by atomic mass is 10.2. The van der Waals surface area contributed by atoms with Crippen LogP contribution in [0, 0.1) is 20.8 Å². The lowest BCUT2D eigenvalue weighted by Gasteiger charge is -2.08. The zero-order valence-corrected chi connectivity index (χ0v) is 13.8. The van der Waals surface area contributed by atoms with E-state index >= 15 is 0 Å². The molecule has 1 amide bonds. The van der Waals surface area contributed by atoms with Crippen LogP contribution in [0.1, 0.15) is 27.7 Å². The standard InChI is InChI=1S/C18H18N4O2/c1-11-10-12(2)20-18(19-11)22-15-7-5-14(6-8-15)21-17(23)16-9-4-13(3)24-16/h4-10H,1-3H3,(H,21,23)(H,19,20,22). The largest absolute Gasteiger partial charge is 0.456 e. The van der Waals surface area contributed by atoms with Gasteiger partial charge in [-0.3, -0.25) is 4.79 Å². The Morgan fingerprint density at radius 2 is 1.54 bits per heavy atom. The SMILES string of the molecule is Cc1cc(C)nc(Nc2ccc(NC(=O)c3ccc(C)o3)cc2)n1. The molecule has 0 aliphatic rings. The Bertz CT molecular complexity index is 849. The van der Waals surface area contributed by atoms with Crippen molar-refractivity contribution in [1.82, 2.24) is 9.97 Å². The number of aryl methyl sites for hydroxylation is 3. The fourth-order valence-corrected chi connectivity index (χ4v) is 2.30. The molecule has 0 fully saturated rings. The number of nitrogens with zero attached hydrogens (tertiary/aromatic N) is 2. The van der Waals surface area contributed by atoms with Gasteiger partial charge in [-0.15, -0.1) is 0 Å². The average Bonchev–Trinajstić information content (AvgIpc) is 2.95. The number of carbonyl (C=O) groups is 1.